The molecule has 0 aromatic carbocycles. The van der Waals surface area contributed by atoms with Crippen molar-refractivity contribution >= 4 is 5.78 Å². The number of nitrogens with zero attached hydrogens (tertiary/aromatic N) is 4. The van der Waals surface area contributed by atoms with E-state index in [2.05, 4.69) is 32.3 Å². The average Bonchev–Trinajstić information content (AvgIpc) is 3.04. The van der Waals surface area contributed by atoms with Crippen LogP contribution < -0.4 is 0 Å². The van der Waals surface area contributed by atoms with Crippen molar-refractivity contribution < 1.29 is 5.11 Å². The topological polar surface area (TPSA) is 53.7 Å². The van der Waals surface area contributed by atoms with Crippen molar-refractivity contribution in [3.63, 3.8) is 0 Å². The Balaban J connectivity index is 1.81. The summed E-state index contributed by atoms with van der Waals surface area (Å²) in [5.74, 6) is 0.800. The minimum atomic E-state index is 0.294. The fourth-order valence-electron chi connectivity index (χ4n) is 3.47. The molecule has 5 heteroatoms. The molecule has 1 fully saturated rings. The normalized spacial score (nSPS) is 19.7. The van der Waals surface area contributed by atoms with E-state index in [1.165, 1.54) is 24.2 Å². The SMILES string of the molecule is Cc1cc(C)n2c(CN3CCCC3CCCO)cnc2n1. The van der Waals surface area contributed by atoms with Crippen molar-refractivity contribution in [1.82, 2.24) is 19.3 Å². The van der Waals surface area contributed by atoms with Crippen molar-refractivity contribution in [2.45, 2.75) is 52.1 Å². The van der Waals surface area contributed by atoms with E-state index in [9.17, 15) is 0 Å². The predicted octanol–water partition coefficient (Wildman–Crippen LogP) is 2.08. The Morgan fingerprint density at radius 3 is 3.05 bits per heavy atom. The zero-order valence-electron chi connectivity index (χ0n) is 12.9. The van der Waals surface area contributed by atoms with Gasteiger partial charge in [-0.1, -0.05) is 0 Å². The lowest BCUT2D eigenvalue weighted by atomic mass is 10.1. The number of likely N-dealkylation sites (tertiary alicyclic amines) is 1. The van der Waals surface area contributed by atoms with Gasteiger partial charge in [-0.3, -0.25) is 9.30 Å². The summed E-state index contributed by atoms with van der Waals surface area (Å²) >= 11 is 0. The zero-order valence-corrected chi connectivity index (χ0v) is 12.9. The molecule has 1 aliphatic heterocycles. The summed E-state index contributed by atoms with van der Waals surface area (Å²) in [6, 6.07) is 2.70. The highest BCUT2D eigenvalue weighted by molar-refractivity contribution is 5.35. The van der Waals surface area contributed by atoms with Gasteiger partial charge in [-0.05, 0) is 52.1 Å². The first kappa shape index (κ1) is 14.5. The average molecular weight is 288 g/mol. The molecule has 0 radical (unpaired) electrons. The van der Waals surface area contributed by atoms with Crippen LogP contribution in [0.2, 0.25) is 0 Å². The van der Waals surface area contributed by atoms with Crippen molar-refractivity contribution in [3.8, 4) is 0 Å². The van der Waals surface area contributed by atoms with Crippen LogP contribution in [0.15, 0.2) is 12.3 Å². The van der Waals surface area contributed by atoms with Crippen LogP contribution in [0, 0.1) is 13.8 Å². The Labute approximate surface area is 125 Å². The number of aliphatic hydroxyl groups excluding tert-OH is 1. The van der Waals surface area contributed by atoms with E-state index in [0.29, 0.717) is 12.6 Å². The molecule has 3 heterocycles. The second kappa shape index (κ2) is 6.12. The third-order valence-electron chi connectivity index (χ3n) is 4.42. The molecular weight excluding hydrogens is 264 g/mol. The van der Waals surface area contributed by atoms with Gasteiger partial charge >= 0.3 is 0 Å². The molecule has 0 spiro atoms. The van der Waals surface area contributed by atoms with Gasteiger partial charge in [0, 0.05) is 30.6 Å². The largest absolute Gasteiger partial charge is 0.396 e. The molecule has 1 atom stereocenters. The number of hydrogen-bond acceptors (Lipinski definition) is 4. The van der Waals surface area contributed by atoms with Crippen molar-refractivity contribution in [2.24, 2.45) is 0 Å². The van der Waals surface area contributed by atoms with Crippen LogP contribution >= 0.6 is 0 Å². The molecule has 5 nitrogen and oxygen atoms in total. The van der Waals surface area contributed by atoms with Gasteiger partial charge in [0.15, 0.2) is 0 Å². The van der Waals surface area contributed by atoms with E-state index in [-0.39, 0.29) is 0 Å². The lowest BCUT2D eigenvalue weighted by molar-refractivity contribution is 0.208. The molecule has 0 amide bonds. The van der Waals surface area contributed by atoms with Gasteiger partial charge in [0.05, 0.1) is 11.9 Å². The third kappa shape index (κ3) is 2.94. The Kier molecular flexibility index (Phi) is 4.22. The smallest absolute Gasteiger partial charge is 0.234 e. The van der Waals surface area contributed by atoms with Crippen LogP contribution in [0.5, 0.6) is 0 Å². The Morgan fingerprint density at radius 1 is 1.38 bits per heavy atom. The lowest BCUT2D eigenvalue weighted by Gasteiger charge is -2.24. The minimum Gasteiger partial charge on any atom is -0.396 e. The highest BCUT2D eigenvalue weighted by Crippen LogP contribution is 2.24. The Hall–Kier alpha value is -1.46. The molecule has 2 aromatic heterocycles. The second-order valence-corrected chi connectivity index (χ2v) is 6.06. The van der Waals surface area contributed by atoms with Gasteiger partial charge in [-0.15, -0.1) is 0 Å². The van der Waals surface area contributed by atoms with E-state index in [1.54, 1.807) is 0 Å². The molecule has 1 aliphatic rings. The molecule has 0 aliphatic carbocycles. The van der Waals surface area contributed by atoms with E-state index in [1.807, 2.05) is 13.1 Å². The Morgan fingerprint density at radius 2 is 2.24 bits per heavy atom. The first-order valence-electron chi connectivity index (χ1n) is 7.84. The number of aromatic nitrogens is 3. The molecule has 114 valence electrons. The molecule has 1 unspecified atom stereocenters. The maximum Gasteiger partial charge on any atom is 0.234 e. The summed E-state index contributed by atoms with van der Waals surface area (Å²) in [4.78, 5) is 11.5. The minimum absolute atomic E-state index is 0.294. The van der Waals surface area contributed by atoms with Crippen LogP contribution in [0.4, 0.5) is 0 Å². The molecular formula is C16H24N4O. The highest BCUT2D eigenvalue weighted by atomic mass is 16.2. The Bertz CT molecular complexity index is 622. The first-order chi connectivity index (χ1) is 10.2. The summed E-state index contributed by atoms with van der Waals surface area (Å²) in [5, 5.41) is 9.03. The predicted molar refractivity (Wildman–Crippen MR) is 82.2 cm³/mol. The summed E-state index contributed by atoms with van der Waals surface area (Å²) < 4.78 is 2.16. The van der Waals surface area contributed by atoms with Gasteiger partial charge in [0.25, 0.3) is 0 Å². The first-order valence-corrected chi connectivity index (χ1v) is 7.84. The third-order valence-corrected chi connectivity index (χ3v) is 4.42. The van der Waals surface area contributed by atoms with Gasteiger partial charge in [-0.25, -0.2) is 9.97 Å². The van der Waals surface area contributed by atoms with E-state index in [4.69, 9.17) is 5.11 Å². The fraction of sp³-hybridized carbons (Fsp3) is 0.625. The molecule has 3 rings (SSSR count). The highest BCUT2D eigenvalue weighted by Gasteiger charge is 2.25. The number of imidazole rings is 1. The molecule has 0 bridgehead atoms. The molecule has 1 N–H and O–H groups in total. The molecule has 1 saturated heterocycles. The lowest BCUT2D eigenvalue weighted by Crippen LogP contribution is -2.29. The van der Waals surface area contributed by atoms with E-state index in [0.717, 1.165) is 37.4 Å². The van der Waals surface area contributed by atoms with Gasteiger partial charge in [-0.2, -0.15) is 0 Å². The quantitative estimate of drug-likeness (QED) is 0.915. The second-order valence-electron chi connectivity index (χ2n) is 6.06. The summed E-state index contributed by atoms with van der Waals surface area (Å²) in [6.07, 6.45) is 6.43. The van der Waals surface area contributed by atoms with Crippen molar-refractivity contribution in [2.75, 3.05) is 13.2 Å². The van der Waals surface area contributed by atoms with Crippen molar-refractivity contribution in [3.05, 3.63) is 29.3 Å². The monoisotopic (exact) mass is 288 g/mol. The maximum atomic E-state index is 9.03. The van der Waals surface area contributed by atoms with E-state index < -0.39 is 0 Å². The number of hydrogen-bond donors (Lipinski definition) is 1. The maximum absolute atomic E-state index is 9.03. The number of rotatable bonds is 5. The van der Waals surface area contributed by atoms with Crippen LogP contribution in [0.3, 0.4) is 0 Å². The molecule has 21 heavy (non-hydrogen) atoms. The zero-order chi connectivity index (χ0) is 14.8. The van der Waals surface area contributed by atoms with Crippen LogP contribution in [0.25, 0.3) is 5.78 Å². The summed E-state index contributed by atoms with van der Waals surface area (Å²) in [6.45, 7) is 6.47. The van der Waals surface area contributed by atoms with Gasteiger partial charge < -0.3 is 5.11 Å². The standard InChI is InChI=1S/C16H24N4O/c1-12-9-13(2)20-15(10-17-16(20)18-12)11-19-7-3-5-14(19)6-4-8-21/h9-10,14,21H,3-8,11H2,1-2H3. The number of aliphatic hydroxyl groups is 1. The van der Waals surface area contributed by atoms with Crippen LogP contribution in [0.1, 0.15) is 42.8 Å². The van der Waals surface area contributed by atoms with Crippen molar-refractivity contribution in [1.29, 1.82) is 0 Å². The summed E-state index contributed by atoms with van der Waals surface area (Å²) in [7, 11) is 0. The number of fused-ring (bicyclic) bond motifs is 1. The van der Waals surface area contributed by atoms with Gasteiger partial charge in [0.1, 0.15) is 0 Å². The van der Waals surface area contributed by atoms with Crippen LogP contribution in [-0.2, 0) is 6.54 Å². The molecule has 2 aromatic rings. The summed E-state index contributed by atoms with van der Waals surface area (Å²) in [5.41, 5.74) is 3.42. The fourth-order valence-corrected chi connectivity index (χ4v) is 3.47. The van der Waals surface area contributed by atoms with Gasteiger partial charge in [0.2, 0.25) is 5.78 Å². The molecule has 0 saturated carbocycles. The number of aryl methyl sites for hydroxylation is 2. The van der Waals surface area contributed by atoms with E-state index >= 15 is 0 Å². The van der Waals surface area contributed by atoms with Crippen LogP contribution in [-0.4, -0.2) is 43.6 Å².